The van der Waals surface area contributed by atoms with Gasteiger partial charge >= 0.3 is 0 Å². The van der Waals surface area contributed by atoms with Crippen LogP contribution in [0.3, 0.4) is 0 Å². The average Bonchev–Trinajstić information content (AvgIpc) is 2.98. The minimum absolute atomic E-state index is 0.0203. The molecular formula is C20H26O4. The van der Waals surface area contributed by atoms with Crippen LogP contribution in [0, 0.1) is 29.1 Å². The van der Waals surface area contributed by atoms with Crippen molar-refractivity contribution in [2.45, 2.75) is 70.4 Å². The van der Waals surface area contributed by atoms with Crippen LogP contribution in [0.15, 0.2) is 12.2 Å². The van der Waals surface area contributed by atoms with E-state index in [1.807, 2.05) is 0 Å². The Balaban J connectivity index is 1.74. The molecule has 4 heteroatoms. The number of hydrogen-bond donors (Lipinski definition) is 0. The number of carbonyl (C=O) groups is 2. The number of epoxide rings is 2. The van der Waals surface area contributed by atoms with E-state index < -0.39 is 11.0 Å². The quantitative estimate of drug-likeness (QED) is 0.577. The van der Waals surface area contributed by atoms with Crippen molar-refractivity contribution < 1.29 is 19.1 Å². The maximum atomic E-state index is 12.9. The second-order valence-corrected chi connectivity index (χ2v) is 9.64. The van der Waals surface area contributed by atoms with Crippen molar-refractivity contribution in [3.63, 3.8) is 0 Å². The zero-order valence-electron chi connectivity index (χ0n) is 15.3. The standard InChI is InChI=1S/C20H26O4/c1-10(21)12-9-13-18(11(2)22)7-8-19(16(3,4)23-19)15(18)14(12)20(13)17(5,6)24-20/h7-8,12-15H,9H2,1-6H3/t12-,13+,14-,15+,18+,19+,20?/m0/s1. The summed E-state index contributed by atoms with van der Waals surface area (Å²) in [4.78, 5) is 25.3. The Morgan fingerprint density at radius 2 is 1.58 bits per heavy atom. The predicted molar refractivity (Wildman–Crippen MR) is 87.3 cm³/mol. The number of rotatable bonds is 2. The highest BCUT2D eigenvalue weighted by Crippen LogP contribution is 2.84. The molecule has 5 aliphatic rings. The summed E-state index contributed by atoms with van der Waals surface area (Å²) < 4.78 is 12.5. The van der Waals surface area contributed by atoms with Crippen LogP contribution < -0.4 is 0 Å². The van der Waals surface area contributed by atoms with E-state index in [0.717, 1.165) is 6.42 Å². The first kappa shape index (κ1) is 15.3. The fraction of sp³-hybridized carbons (Fsp3) is 0.800. The van der Waals surface area contributed by atoms with Crippen molar-refractivity contribution in [1.29, 1.82) is 0 Å². The van der Waals surface area contributed by atoms with Crippen LogP contribution in [-0.4, -0.2) is 34.0 Å². The van der Waals surface area contributed by atoms with E-state index in [4.69, 9.17) is 9.47 Å². The van der Waals surface area contributed by atoms with Crippen LogP contribution in [-0.2, 0) is 19.1 Å². The Labute approximate surface area is 143 Å². The normalized spacial score (nSPS) is 56.8. The van der Waals surface area contributed by atoms with Crippen LogP contribution in [0.25, 0.3) is 0 Å². The topological polar surface area (TPSA) is 59.2 Å². The molecular weight excluding hydrogens is 304 g/mol. The SMILES string of the molecule is CC(=O)[C@@H]1C[C@H]2C3(OC3(C)C)[C@@H]1[C@@H]1[C@@]2(C(C)=O)C=C[C@@]12OC2(C)C. The van der Waals surface area contributed by atoms with E-state index in [9.17, 15) is 9.59 Å². The van der Waals surface area contributed by atoms with Crippen LogP contribution >= 0.6 is 0 Å². The van der Waals surface area contributed by atoms with Crippen molar-refractivity contribution >= 4 is 11.6 Å². The van der Waals surface area contributed by atoms with Gasteiger partial charge in [0.2, 0.25) is 0 Å². The smallest absolute Gasteiger partial charge is 0.140 e. The third-order valence-corrected chi connectivity index (χ3v) is 8.23. The van der Waals surface area contributed by atoms with Crippen LogP contribution in [0.5, 0.6) is 0 Å². The highest BCUT2D eigenvalue weighted by molar-refractivity contribution is 5.90. The molecule has 7 atom stereocenters. The molecule has 2 saturated carbocycles. The highest BCUT2D eigenvalue weighted by atomic mass is 16.6. The third kappa shape index (κ3) is 1.19. The Kier molecular flexibility index (Phi) is 2.28. The number of fused-ring (bicyclic) bond motifs is 4. The number of Topliss-reactive ketones (excluding diaryl/α,β-unsaturated/α-hetero) is 2. The van der Waals surface area contributed by atoms with Crippen molar-refractivity contribution in [2.75, 3.05) is 0 Å². The first-order valence-electron chi connectivity index (χ1n) is 9.10. The molecule has 5 rings (SSSR count). The van der Waals surface area contributed by atoms with Gasteiger partial charge in [-0.3, -0.25) is 9.59 Å². The fourth-order valence-electron chi connectivity index (χ4n) is 7.28. The van der Waals surface area contributed by atoms with Crippen molar-refractivity contribution in [2.24, 2.45) is 29.1 Å². The molecule has 2 spiro atoms. The number of ether oxygens (including phenoxy) is 2. The van der Waals surface area contributed by atoms with Gasteiger partial charge in [0, 0.05) is 23.7 Å². The molecule has 2 aliphatic heterocycles. The highest BCUT2D eigenvalue weighted by Gasteiger charge is 2.92. The molecule has 24 heavy (non-hydrogen) atoms. The number of allylic oxidation sites excluding steroid dienone is 1. The monoisotopic (exact) mass is 330 g/mol. The van der Waals surface area contributed by atoms with Crippen molar-refractivity contribution in [1.82, 2.24) is 0 Å². The molecule has 1 unspecified atom stereocenters. The van der Waals surface area contributed by atoms with Crippen molar-refractivity contribution in [3.8, 4) is 0 Å². The molecule has 2 saturated heterocycles. The van der Waals surface area contributed by atoms with Gasteiger partial charge in [-0.2, -0.15) is 0 Å². The summed E-state index contributed by atoms with van der Waals surface area (Å²) in [5.41, 5.74) is -1.84. The van der Waals surface area contributed by atoms with Crippen LogP contribution in [0.2, 0.25) is 0 Å². The summed E-state index contributed by atoms with van der Waals surface area (Å²) >= 11 is 0. The summed E-state index contributed by atoms with van der Waals surface area (Å²) in [6, 6.07) is 0. The molecule has 2 bridgehead atoms. The number of hydrogen-bond acceptors (Lipinski definition) is 4. The Morgan fingerprint density at radius 1 is 1.00 bits per heavy atom. The van der Waals surface area contributed by atoms with Crippen molar-refractivity contribution in [3.05, 3.63) is 12.2 Å². The van der Waals surface area contributed by atoms with Gasteiger partial charge in [0.05, 0.1) is 16.6 Å². The zero-order chi connectivity index (χ0) is 17.5. The molecule has 0 aromatic carbocycles. The summed E-state index contributed by atoms with van der Waals surface area (Å²) in [6.45, 7) is 11.8. The van der Waals surface area contributed by atoms with E-state index in [0.29, 0.717) is 0 Å². The van der Waals surface area contributed by atoms with Gasteiger partial charge in [0.15, 0.2) is 0 Å². The summed E-state index contributed by atoms with van der Waals surface area (Å²) in [7, 11) is 0. The van der Waals surface area contributed by atoms with E-state index in [1.54, 1.807) is 13.8 Å². The summed E-state index contributed by atoms with van der Waals surface area (Å²) in [5.74, 6) is 0.573. The molecule has 2 heterocycles. The minimum Gasteiger partial charge on any atom is -0.362 e. The second-order valence-electron chi connectivity index (χ2n) is 9.64. The molecule has 4 nitrogen and oxygen atoms in total. The van der Waals surface area contributed by atoms with Crippen LogP contribution in [0.4, 0.5) is 0 Å². The lowest BCUT2D eigenvalue weighted by molar-refractivity contribution is -0.134. The van der Waals surface area contributed by atoms with Gasteiger partial charge in [-0.15, -0.1) is 0 Å². The van der Waals surface area contributed by atoms with Gasteiger partial charge in [-0.1, -0.05) is 12.2 Å². The molecule has 0 amide bonds. The fourth-order valence-corrected chi connectivity index (χ4v) is 7.28. The first-order chi connectivity index (χ1) is 11.0. The minimum atomic E-state index is -0.530. The predicted octanol–water partition coefficient (Wildman–Crippen LogP) is 2.70. The van der Waals surface area contributed by atoms with E-state index in [-0.39, 0.29) is 52.0 Å². The van der Waals surface area contributed by atoms with Crippen LogP contribution in [0.1, 0.15) is 48.0 Å². The summed E-state index contributed by atoms with van der Waals surface area (Å²) in [6.07, 6.45) is 5.01. The first-order valence-corrected chi connectivity index (χ1v) is 9.10. The zero-order valence-corrected chi connectivity index (χ0v) is 15.3. The van der Waals surface area contributed by atoms with E-state index >= 15 is 0 Å². The second kappa shape index (κ2) is 3.59. The largest absolute Gasteiger partial charge is 0.362 e. The molecule has 130 valence electrons. The van der Waals surface area contributed by atoms with Gasteiger partial charge in [0.25, 0.3) is 0 Å². The van der Waals surface area contributed by atoms with Gasteiger partial charge < -0.3 is 9.47 Å². The number of ketones is 2. The van der Waals surface area contributed by atoms with Gasteiger partial charge in [-0.05, 0) is 48.0 Å². The molecule has 0 N–H and O–H groups in total. The van der Waals surface area contributed by atoms with E-state index in [1.165, 1.54) is 0 Å². The summed E-state index contributed by atoms with van der Waals surface area (Å²) in [5, 5.41) is 0. The molecule has 0 aromatic heterocycles. The lowest BCUT2D eigenvalue weighted by atomic mass is 9.59. The lowest BCUT2D eigenvalue weighted by Crippen LogP contribution is -2.48. The maximum absolute atomic E-state index is 12.9. The Morgan fingerprint density at radius 3 is 2.00 bits per heavy atom. The lowest BCUT2D eigenvalue weighted by Gasteiger charge is -2.40. The number of carbonyl (C=O) groups excluding carboxylic acids is 2. The molecule has 0 radical (unpaired) electrons. The third-order valence-electron chi connectivity index (χ3n) is 8.23. The average molecular weight is 330 g/mol. The molecule has 4 fully saturated rings. The molecule has 0 aromatic rings. The Hall–Kier alpha value is -1.00. The maximum Gasteiger partial charge on any atom is 0.140 e. The van der Waals surface area contributed by atoms with E-state index in [2.05, 4.69) is 39.8 Å². The molecule has 3 aliphatic carbocycles. The van der Waals surface area contributed by atoms with Gasteiger partial charge in [0.1, 0.15) is 22.8 Å². The Bertz CT molecular complexity index is 734. The van der Waals surface area contributed by atoms with Gasteiger partial charge in [-0.25, -0.2) is 0 Å².